The van der Waals surface area contributed by atoms with Gasteiger partial charge in [0.2, 0.25) is 11.8 Å². The van der Waals surface area contributed by atoms with Crippen molar-refractivity contribution in [3.63, 3.8) is 0 Å². The van der Waals surface area contributed by atoms with Gasteiger partial charge in [-0.2, -0.15) is 0 Å². The first kappa shape index (κ1) is 13.5. The van der Waals surface area contributed by atoms with Crippen LogP contribution in [0.15, 0.2) is 53.8 Å². The van der Waals surface area contributed by atoms with Crippen molar-refractivity contribution in [3.8, 4) is 5.75 Å². The largest absolute Gasteiger partial charge is 0.506 e. The van der Waals surface area contributed by atoms with Gasteiger partial charge in [-0.05, 0) is 19.1 Å². The molecule has 1 atom stereocenters. The number of quaternary nitrogens is 1. The molecule has 2 rings (SSSR count). The maximum Gasteiger partial charge on any atom is 0.203 e. The Balaban J connectivity index is 2.32. The Kier molecular flexibility index (Phi) is 3.83. The third kappa shape index (κ3) is 3.30. The van der Waals surface area contributed by atoms with E-state index in [-0.39, 0.29) is 9.86 Å². The van der Waals surface area contributed by atoms with Crippen LogP contribution in [-0.2, 0) is 0 Å². The van der Waals surface area contributed by atoms with Crippen molar-refractivity contribution in [2.24, 2.45) is 5.10 Å². The minimum Gasteiger partial charge on any atom is -0.506 e. The number of pyridine rings is 1. The molecule has 19 heavy (non-hydrogen) atoms. The molecular weight excluding hydrogens is 262 g/mol. The SMILES string of the molecule is CC(=N[N+](C)(Cl)c1ccccc1)c1ccc(O)cn1. The smallest absolute Gasteiger partial charge is 0.203 e. The second kappa shape index (κ2) is 5.38. The highest BCUT2D eigenvalue weighted by atomic mass is 35.5. The second-order valence-electron chi connectivity index (χ2n) is 4.28. The third-order valence-corrected chi connectivity index (χ3v) is 2.95. The van der Waals surface area contributed by atoms with Gasteiger partial charge < -0.3 is 5.11 Å². The Bertz CT molecular complexity index is 579. The van der Waals surface area contributed by atoms with Crippen LogP contribution < -0.4 is 4.11 Å². The van der Waals surface area contributed by atoms with Crippen molar-refractivity contribution < 1.29 is 5.11 Å². The lowest BCUT2D eigenvalue weighted by atomic mass is 10.2. The van der Waals surface area contributed by atoms with E-state index >= 15 is 0 Å². The number of aromatic nitrogens is 1. The molecule has 0 amide bonds. The molecule has 2 aromatic rings. The summed E-state index contributed by atoms with van der Waals surface area (Å²) in [6.45, 7) is 1.83. The van der Waals surface area contributed by atoms with Crippen molar-refractivity contribution in [1.82, 2.24) is 9.10 Å². The van der Waals surface area contributed by atoms with E-state index in [4.69, 9.17) is 11.8 Å². The van der Waals surface area contributed by atoms with E-state index in [1.54, 1.807) is 19.2 Å². The number of benzene rings is 1. The lowest BCUT2D eigenvalue weighted by molar-refractivity contribution is 0.472. The number of nitrogens with zero attached hydrogens (tertiary/aromatic N) is 3. The summed E-state index contributed by atoms with van der Waals surface area (Å²) in [5.41, 5.74) is 2.24. The number of hydrogen-bond acceptors (Lipinski definition) is 3. The molecule has 0 spiro atoms. The predicted molar refractivity (Wildman–Crippen MR) is 78.1 cm³/mol. The Morgan fingerprint density at radius 3 is 2.47 bits per heavy atom. The number of halogens is 1. The molecule has 0 fully saturated rings. The molecular formula is C14H15ClN3O+. The molecule has 1 N–H and O–H groups in total. The molecule has 0 aliphatic heterocycles. The highest BCUT2D eigenvalue weighted by Crippen LogP contribution is 2.24. The van der Waals surface area contributed by atoms with E-state index in [2.05, 4.69) is 10.1 Å². The summed E-state index contributed by atoms with van der Waals surface area (Å²) < 4.78 is -0.130. The van der Waals surface area contributed by atoms with E-state index in [0.29, 0.717) is 11.4 Å². The monoisotopic (exact) mass is 276 g/mol. The minimum absolute atomic E-state index is 0.128. The van der Waals surface area contributed by atoms with Crippen LogP contribution in [0.3, 0.4) is 0 Å². The van der Waals surface area contributed by atoms with E-state index in [9.17, 15) is 5.11 Å². The van der Waals surface area contributed by atoms with Gasteiger partial charge in [0.05, 0.1) is 11.9 Å². The van der Waals surface area contributed by atoms with E-state index in [0.717, 1.165) is 5.69 Å². The number of hydrogen-bond donors (Lipinski definition) is 1. The lowest BCUT2D eigenvalue weighted by Gasteiger charge is -2.17. The zero-order chi connectivity index (χ0) is 13.9. The quantitative estimate of drug-likeness (QED) is 0.531. The molecule has 1 unspecified atom stereocenters. The fourth-order valence-electron chi connectivity index (χ4n) is 1.69. The number of para-hydroxylation sites is 1. The molecule has 1 heterocycles. The first-order chi connectivity index (χ1) is 8.99. The number of rotatable bonds is 3. The summed E-state index contributed by atoms with van der Waals surface area (Å²) in [6, 6.07) is 12.9. The summed E-state index contributed by atoms with van der Waals surface area (Å²) in [6.07, 6.45) is 1.38. The van der Waals surface area contributed by atoms with E-state index < -0.39 is 0 Å². The van der Waals surface area contributed by atoms with Crippen LogP contribution in [0.2, 0.25) is 0 Å². The molecule has 0 aliphatic carbocycles. The fraction of sp³-hybridized carbons (Fsp3) is 0.143. The Morgan fingerprint density at radius 2 is 1.89 bits per heavy atom. The van der Waals surface area contributed by atoms with Gasteiger partial charge in [0, 0.05) is 12.1 Å². The van der Waals surface area contributed by atoms with Crippen molar-refractivity contribution in [2.45, 2.75) is 6.92 Å². The summed E-state index contributed by atoms with van der Waals surface area (Å²) in [5.74, 6) is 0.128. The van der Waals surface area contributed by atoms with Crippen LogP contribution in [0.25, 0.3) is 0 Å². The van der Waals surface area contributed by atoms with Crippen molar-refractivity contribution in [3.05, 3.63) is 54.4 Å². The van der Waals surface area contributed by atoms with Crippen molar-refractivity contribution in [1.29, 1.82) is 0 Å². The summed E-state index contributed by atoms with van der Waals surface area (Å²) in [4.78, 5) is 4.11. The van der Waals surface area contributed by atoms with Gasteiger partial charge in [-0.15, -0.1) is 0 Å². The Labute approximate surface area is 117 Å². The molecule has 0 radical (unpaired) electrons. The van der Waals surface area contributed by atoms with Crippen molar-refractivity contribution >= 4 is 23.2 Å². The van der Waals surface area contributed by atoms with Gasteiger partial charge in [-0.1, -0.05) is 27.4 Å². The van der Waals surface area contributed by atoms with Gasteiger partial charge in [-0.3, -0.25) is 4.98 Å². The zero-order valence-corrected chi connectivity index (χ0v) is 11.5. The standard InChI is InChI=1S/C14H14ClN3O/c1-11(14-9-8-13(19)10-16-14)17-18(2,15)12-6-4-3-5-7-12/h3-10H,1-2H3/p+1. The molecule has 4 nitrogen and oxygen atoms in total. The molecule has 0 saturated heterocycles. The molecule has 0 bridgehead atoms. The summed E-state index contributed by atoms with van der Waals surface area (Å²) in [5, 5.41) is 13.7. The van der Waals surface area contributed by atoms with E-state index in [1.165, 1.54) is 6.20 Å². The van der Waals surface area contributed by atoms with Crippen LogP contribution in [0.5, 0.6) is 5.75 Å². The van der Waals surface area contributed by atoms with Crippen LogP contribution in [0.4, 0.5) is 5.69 Å². The van der Waals surface area contributed by atoms with Crippen LogP contribution in [-0.4, -0.2) is 22.8 Å². The average Bonchev–Trinajstić information content (AvgIpc) is 2.40. The topological polar surface area (TPSA) is 45.5 Å². The maximum absolute atomic E-state index is 9.22. The molecule has 1 aromatic carbocycles. The predicted octanol–water partition coefficient (Wildman–Crippen LogP) is 3.30. The van der Waals surface area contributed by atoms with E-state index in [1.807, 2.05) is 37.3 Å². The van der Waals surface area contributed by atoms with Gasteiger partial charge in [0.25, 0.3) is 0 Å². The maximum atomic E-state index is 9.22. The normalized spacial score (nSPS) is 15.0. The zero-order valence-electron chi connectivity index (χ0n) is 10.8. The van der Waals surface area contributed by atoms with Gasteiger partial charge in [0.1, 0.15) is 18.5 Å². The fourth-order valence-corrected chi connectivity index (χ4v) is 1.92. The van der Waals surface area contributed by atoms with Crippen molar-refractivity contribution in [2.75, 3.05) is 7.05 Å². The van der Waals surface area contributed by atoms with Crippen LogP contribution in [0, 0.1) is 0 Å². The van der Waals surface area contributed by atoms with Crippen LogP contribution >= 0.6 is 11.8 Å². The molecule has 1 aromatic heterocycles. The highest BCUT2D eigenvalue weighted by Gasteiger charge is 2.23. The first-order valence-corrected chi connectivity index (χ1v) is 6.17. The molecule has 98 valence electrons. The highest BCUT2D eigenvalue weighted by molar-refractivity contribution is 6.21. The van der Waals surface area contributed by atoms with Crippen LogP contribution in [0.1, 0.15) is 12.6 Å². The first-order valence-electron chi connectivity index (χ1n) is 5.83. The van der Waals surface area contributed by atoms with Gasteiger partial charge in [-0.25, -0.2) is 0 Å². The summed E-state index contributed by atoms with van der Waals surface area (Å²) in [7, 11) is 1.78. The second-order valence-corrected chi connectivity index (χ2v) is 4.93. The average molecular weight is 277 g/mol. The third-order valence-electron chi connectivity index (χ3n) is 2.68. The Hall–Kier alpha value is -1.91. The van der Waals surface area contributed by atoms with Gasteiger partial charge in [0.15, 0.2) is 5.69 Å². The number of aromatic hydroxyl groups is 1. The van der Waals surface area contributed by atoms with Gasteiger partial charge >= 0.3 is 0 Å². The Morgan fingerprint density at radius 1 is 1.21 bits per heavy atom. The summed E-state index contributed by atoms with van der Waals surface area (Å²) >= 11 is 6.41. The molecule has 5 heteroatoms. The molecule has 0 aliphatic rings. The minimum atomic E-state index is -0.130. The molecule has 0 saturated carbocycles. The lowest BCUT2D eigenvalue weighted by Crippen LogP contribution is -2.28.